The lowest BCUT2D eigenvalue weighted by molar-refractivity contribution is 0.0880. The molecule has 0 saturated heterocycles. The third-order valence-corrected chi connectivity index (χ3v) is 2.42. The van der Waals surface area contributed by atoms with E-state index in [4.69, 9.17) is 10.5 Å². The van der Waals surface area contributed by atoms with Crippen LogP contribution in [0.4, 0.5) is 8.78 Å². The van der Waals surface area contributed by atoms with E-state index >= 15 is 0 Å². The fourth-order valence-corrected chi connectivity index (χ4v) is 1.36. The molecule has 1 unspecified atom stereocenters. The number of methoxy groups -OCH3 is 1. The molecule has 1 aliphatic rings. The number of halogens is 2. The van der Waals surface area contributed by atoms with Crippen LogP contribution in [0.1, 0.15) is 12.1 Å². The zero-order chi connectivity index (χ0) is 10.4. The van der Waals surface area contributed by atoms with Gasteiger partial charge in [-0.3, -0.25) is 0 Å². The summed E-state index contributed by atoms with van der Waals surface area (Å²) in [6, 6.07) is 4.68. The van der Waals surface area contributed by atoms with E-state index in [0.717, 1.165) is 0 Å². The molecule has 0 aromatic carbocycles. The summed E-state index contributed by atoms with van der Waals surface area (Å²) >= 11 is 0. The summed E-state index contributed by atoms with van der Waals surface area (Å²) in [6.45, 7) is 0. The second-order valence-electron chi connectivity index (χ2n) is 3.42. The number of hydrogen-bond acceptors (Lipinski definition) is 3. The predicted octanol–water partition coefficient (Wildman–Crippen LogP) is 1.28. The average molecular weight is 200 g/mol. The highest BCUT2D eigenvalue weighted by Crippen LogP contribution is 2.57. The van der Waals surface area contributed by atoms with Crippen LogP contribution in [0.2, 0.25) is 0 Å². The molecule has 76 valence electrons. The smallest absolute Gasteiger partial charge is 0.273 e. The summed E-state index contributed by atoms with van der Waals surface area (Å²) in [7, 11) is 1.43. The Morgan fingerprint density at radius 3 is 2.64 bits per heavy atom. The Morgan fingerprint density at radius 2 is 2.14 bits per heavy atom. The van der Waals surface area contributed by atoms with Gasteiger partial charge in [0.05, 0.1) is 12.8 Å². The fourth-order valence-electron chi connectivity index (χ4n) is 1.36. The van der Waals surface area contributed by atoms with Crippen molar-refractivity contribution in [3.8, 4) is 5.88 Å². The van der Waals surface area contributed by atoms with Gasteiger partial charge in [0.15, 0.2) is 0 Å². The van der Waals surface area contributed by atoms with E-state index in [2.05, 4.69) is 4.98 Å². The highest BCUT2D eigenvalue weighted by molar-refractivity contribution is 5.32. The first-order valence-corrected chi connectivity index (χ1v) is 4.18. The molecular weight excluding hydrogens is 190 g/mol. The van der Waals surface area contributed by atoms with Gasteiger partial charge >= 0.3 is 0 Å². The van der Waals surface area contributed by atoms with Crippen molar-refractivity contribution in [1.82, 2.24) is 4.98 Å². The zero-order valence-corrected chi connectivity index (χ0v) is 7.63. The quantitative estimate of drug-likeness (QED) is 0.782. The SMILES string of the molecule is COc1cccc(C2(N)CC2(F)F)n1. The molecule has 1 heterocycles. The van der Waals surface area contributed by atoms with Crippen molar-refractivity contribution in [3.63, 3.8) is 0 Å². The number of nitrogens with zero attached hydrogens (tertiary/aromatic N) is 1. The van der Waals surface area contributed by atoms with E-state index in [1.54, 1.807) is 12.1 Å². The Balaban J connectivity index is 2.34. The van der Waals surface area contributed by atoms with Crippen LogP contribution in [0, 0.1) is 0 Å². The first-order chi connectivity index (χ1) is 6.49. The van der Waals surface area contributed by atoms with Crippen molar-refractivity contribution in [2.75, 3.05) is 7.11 Å². The minimum atomic E-state index is -2.84. The van der Waals surface area contributed by atoms with Crippen LogP contribution in [0.3, 0.4) is 0 Å². The van der Waals surface area contributed by atoms with Crippen LogP contribution in [0.5, 0.6) is 5.88 Å². The molecule has 3 nitrogen and oxygen atoms in total. The van der Waals surface area contributed by atoms with Crippen LogP contribution in [0.25, 0.3) is 0 Å². The number of nitrogens with two attached hydrogens (primary N) is 1. The Labute approximate surface area is 79.9 Å². The number of hydrogen-bond donors (Lipinski definition) is 1. The van der Waals surface area contributed by atoms with Crippen molar-refractivity contribution in [1.29, 1.82) is 0 Å². The predicted molar refractivity (Wildman–Crippen MR) is 46.2 cm³/mol. The van der Waals surface area contributed by atoms with Gasteiger partial charge in [0.25, 0.3) is 5.92 Å². The Hall–Kier alpha value is -1.23. The molecule has 0 radical (unpaired) electrons. The van der Waals surface area contributed by atoms with Crippen molar-refractivity contribution >= 4 is 0 Å². The van der Waals surface area contributed by atoms with Crippen LogP contribution in [-0.2, 0) is 5.54 Å². The Kier molecular flexibility index (Phi) is 1.75. The molecule has 0 bridgehead atoms. The largest absolute Gasteiger partial charge is 0.481 e. The van der Waals surface area contributed by atoms with Gasteiger partial charge in [-0.15, -0.1) is 0 Å². The normalized spacial score (nSPS) is 28.6. The topological polar surface area (TPSA) is 48.1 Å². The third-order valence-electron chi connectivity index (χ3n) is 2.42. The summed E-state index contributed by atoms with van der Waals surface area (Å²) in [4.78, 5) is 3.89. The molecular formula is C9H10F2N2O. The molecule has 1 aromatic heterocycles. The molecule has 14 heavy (non-hydrogen) atoms. The standard InChI is InChI=1S/C9H10F2N2O/c1-14-7-4-2-3-6(13-7)8(12)5-9(8,10)11/h2-4H,5,12H2,1H3. The van der Waals surface area contributed by atoms with Crippen molar-refractivity contribution in [3.05, 3.63) is 23.9 Å². The summed E-state index contributed by atoms with van der Waals surface area (Å²) in [6.07, 6.45) is -0.347. The molecule has 1 saturated carbocycles. The second kappa shape index (κ2) is 2.63. The second-order valence-corrected chi connectivity index (χ2v) is 3.42. The molecule has 1 fully saturated rings. The van der Waals surface area contributed by atoms with Gasteiger partial charge in [0, 0.05) is 12.5 Å². The lowest BCUT2D eigenvalue weighted by Crippen LogP contribution is -2.28. The molecule has 1 atom stereocenters. The number of alkyl halides is 2. The average Bonchev–Trinajstić information content (AvgIpc) is 2.68. The minimum absolute atomic E-state index is 0.182. The van der Waals surface area contributed by atoms with Gasteiger partial charge in [-0.2, -0.15) is 0 Å². The van der Waals surface area contributed by atoms with Crippen LogP contribution in [-0.4, -0.2) is 18.0 Å². The monoisotopic (exact) mass is 200 g/mol. The van der Waals surface area contributed by atoms with E-state index in [0.29, 0.717) is 5.88 Å². The van der Waals surface area contributed by atoms with E-state index < -0.39 is 11.5 Å². The fraction of sp³-hybridized carbons (Fsp3) is 0.444. The summed E-state index contributed by atoms with van der Waals surface area (Å²) < 4.78 is 30.6. The summed E-state index contributed by atoms with van der Waals surface area (Å²) in [5.41, 5.74) is 4.09. The number of pyridine rings is 1. The summed E-state index contributed by atoms with van der Waals surface area (Å²) in [5.74, 6) is -2.54. The molecule has 5 heteroatoms. The molecule has 0 aliphatic heterocycles. The highest BCUT2D eigenvalue weighted by atomic mass is 19.3. The molecule has 2 N–H and O–H groups in total. The zero-order valence-electron chi connectivity index (χ0n) is 7.63. The van der Waals surface area contributed by atoms with Gasteiger partial charge < -0.3 is 10.5 Å². The van der Waals surface area contributed by atoms with E-state index in [1.165, 1.54) is 13.2 Å². The van der Waals surface area contributed by atoms with Gasteiger partial charge in [-0.1, -0.05) is 6.07 Å². The first kappa shape index (κ1) is 9.33. The minimum Gasteiger partial charge on any atom is -0.481 e. The Bertz CT molecular complexity index is 370. The summed E-state index contributed by atoms with van der Waals surface area (Å²) in [5, 5.41) is 0. The Morgan fingerprint density at radius 1 is 1.50 bits per heavy atom. The van der Waals surface area contributed by atoms with Crippen LogP contribution in [0.15, 0.2) is 18.2 Å². The lowest BCUT2D eigenvalue weighted by Gasteiger charge is -2.10. The maximum atomic E-state index is 12.9. The van der Waals surface area contributed by atoms with E-state index in [-0.39, 0.29) is 12.1 Å². The van der Waals surface area contributed by atoms with Gasteiger partial charge in [0.2, 0.25) is 5.88 Å². The number of rotatable bonds is 2. The number of ether oxygens (including phenoxy) is 1. The molecule has 0 amide bonds. The van der Waals surface area contributed by atoms with Gasteiger partial charge in [0.1, 0.15) is 5.54 Å². The van der Waals surface area contributed by atoms with Gasteiger partial charge in [-0.05, 0) is 6.07 Å². The van der Waals surface area contributed by atoms with Crippen molar-refractivity contribution < 1.29 is 13.5 Å². The highest BCUT2D eigenvalue weighted by Gasteiger charge is 2.71. The molecule has 1 aromatic rings. The maximum Gasteiger partial charge on any atom is 0.273 e. The third kappa shape index (κ3) is 1.16. The molecule has 0 spiro atoms. The maximum absolute atomic E-state index is 12.9. The van der Waals surface area contributed by atoms with Crippen molar-refractivity contribution in [2.24, 2.45) is 5.73 Å². The molecule has 2 rings (SSSR count). The van der Waals surface area contributed by atoms with Crippen LogP contribution >= 0.6 is 0 Å². The lowest BCUT2D eigenvalue weighted by atomic mass is 10.1. The van der Waals surface area contributed by atoms with Gasteiger partial charge in [-0.25, -0.2) is 13.8 Å². The molecule has 1 aliphatic carbocycles. The van der Waals surface area contributed by atoms with E-state index in [1.807, 2.05) is 0 Å². The first-order valence-electron chi connectivity index (χ1n) is 4.18. The van der Waals surface area contributed by atoms with Crippen molar-refractivity contribution in [2.45, 2.75) is 17.9 Å². The number of aromatic nitrogens is 1. The van der Waals surface area contributed by atoms with E-state index in [9.17, 15) is 8.78 Å². The van der Waals surface area contributed by atoms with Crippen LogP contribution < -0.4 is 10.5 Å².